The van der Waals surface area contributed by atoms with E-state index in [4.69, 9.17) is 11.6 Å². The maximum absolute atomic E-state index is 12.5. The number of nitrogens with zero attached hydrogens (tertiary/aromatic N) is 2. The Hall–Kier alpha value is -2.01. The second-order valence-electron chi connectivity index (χ2n) is 4.28. The molecule has 3 aromatic rings. The lowest BCUT2D eigenvalue weighted by Crippen LogP contribution is -2.03. The Morgan fingerprint density at radius 2 is 1.70 bits per heavy atom. The Morgan fingerprint density at radius 1 is 1.00 bits per heavy atom. The van der Waals surface area contributed by atoms with E-state index in [1.807, 2.05) is 0 Å². The topological polar surface area (TPSA) is 17.3 Å². The summed E-state index contributed by atoms with van der Waals surface area (Å²) in [6.07, 6.45) is -2.64. The number of fused-ring (bicyclic) bond motifs is 1. The molecule has 3 rings (SSSR count). The van der Waals surface area contributed by atoms with Crippen LogP contribution in [0.1, 0.15) is 5.56 Å². The van der Waals surface area contributed by atoms with Crippen LogP contribution < -0.4 is 0 Å². The lowest BCUT2D eigenvalue weighted by Gasteiger charge is -2.06. The maximum atomic E-state index is 12.5. The summed E-state index contributed by atoms with van der Waals surface area (Å²) in [6, 6.07) is 10.1. The van der Waals surface area contributed by atoms with Crippen molar-refractivity contribution in [1.82, 2.24) is 9.38 Å². The van der Waals surface area contributed by atoms with Gasteiger partial charge in [-0.1, -0.05) is 29.8 Å². The van der Waals surface area contributed by atoms with Gasteiger partial charge in [0.1, 0.15) is 10.8 Å². The molecule has 0 aliphatic carbocycles. The molecule has 20 heavy (non-hydrogen) atoms. The summed E-state index contributed by atoms with van der Waals surface area (Å²) >= 11 is 6.02. The van der Waals surface area contributed by atoms with Crippen LogP contribution in [0.4, 0.5) is 13.2 Å². The van der Waals surface area contributed by atoms with Gasteiger partial charge < -0.3 is 0 Å². The lowest BCUT2D eigenvalue weighted by atomic mass is 10.1. The zero-order valence-corrected chi connectivity index (χ0v) is 10.8. The third kappa shape index (κ3) is 2.25. The lowest BCUT2D eigenvalue weighted by molar-refractivity contribution is -0.137. The molecule has 2 nitrogen and oxygen atoms in total. The Kier molecular flexibility index (Phi) is 2.94. The van der Waals surface area contributed by atoms with Crippen molar-refractivity contribution in [3.8, 4) is 11.3 Å². The quantitative estimate of drug-likeness (QED) is 0.596. The van der Waals surface area contributed by atoms with Crippen molar-refractivity contribution < 1.29 is 13.2 Å². The molecule has 0 aliphatic heterocycles. The van der Waals surface area contributed by atoms with Crippen LogP contribution in [0, 0.1) is 0 Å². The van der Waals surface area contributed by atoms with Gasteiger partial charge in [-0.05, 0) is 24.3 Å². The number of alkyl halides is 3. The summed E-state index contributed by atoms with van der Waals surface area (Å²) in [4.78, 5) is 4.33. The number of halogens is 4. The van der Waals surface area contributed by atoms with Gasteiger partial charge in [0.15, 0.2) is 0 Å². The van der Waals surface area contributed by atoms with Crippen LogP contribution in [-0.4, -0.2) is 9.38 Å². The Balaban J connectivity index is 2.05. The molecule has 0 N–H and O–H groups in total. The van der Waals surface area contributed by atoms with E-state index in [0.717, 1.165) is 12.1 Å². The van der Waals surface area contributed by atoms with Crippen molar-refractivity contribution in [2.24, 2.45) is 0 Å². The second kappa shape index (κ2) is 4.52. The summed E-state index contributed by atoms with van der Waals surface area (Å²) < 4.78 is 39.2. The highest BCUT2D eigenvalue weighted by Crippen LogP contribution is 2.31. The van der Waals surface area contributed by atoms with E-state index in [1.165, 1.54) is 12.1 Å². The van der Waals surface area contributed by atoms with Crippen molar-refractivity contribution in [3.63, 3.8) is 0 Å². The van der Waals surface area contributed by atoms with Gasteiger partial charge >= 0.3 is 6.18 Å². The van der Waals surface area contributed by atoms with E-state index >= 15 is 0 Å². The SMILES string of the molecule is FC(F)(F)c1ccc(-c2cn3c(Cl)cccc3n2)cc1. The van der Waals surface area contributed by atoms with Gasteiger partial charge in [-0.25, -0.2) is 4.98 Å². The molecule has 0 amide bonds. The van der Waals surface area contributed by atoms with Crippen molar-refractivity contribution >= 4 is 17.2 Å². The van der Waals surface area contributed by atoms with Crippen LogP contribution in [0.25, 0.3) is 16.9 Å². The van der Waals surface area contributed by atoms with E-state index in [0.29, 0.717) is 22.1 Å². The molecular formula is C14H8ClF3N2. The number of pyridine rings is 1. The summed E-state index contributed by atoms with van der Waals surface area (Å²) in [5.74, 6) is 0. The molecule has 0 saturated heterocycles. The molecule has 0 radical (unpaired) electrons. The van der Waals surface area contributed by atoms with Crippen molar-refractivity contribution in [3.05, 3.63) is 59.4 Å². The highest BCUT2D eigenvalue weighted by Gasteiger charge is 2.30. The third-order valence-electron chi connectivity index (χ3n) is 2.95. The number of hydrogen-bond donors (Lipinski definition) is 0. The molecule has 0 atom stereocenters. The first-order valence-electron chi connectivity index (χ1n) is 5.76. The highest BCUT2D eigenvalue weighted by molar-refractivity contribution is 6.29. The van der Waals surface area contributed by atoms with E-state index < -0.39 is 11.7 Å². The van der Waals surface area contributed by atoms with Gasteiger partial charge in [0.2, 0.25) is 0 Å². The molecule has 102 valence electrons. The summed E-state index contributed by atoms with van der Waals surface area (Å²) in [5.41, 5.74) is 1.15. The van der Waals surface area contributed by atoms with Crippen molar-refractivity contribution in [1.29, 1.82) is 0 Å². The minimum absolute atomic E-state index is 0.494. The van der Waals surface area contributed by atoms with Crippen molar-refractivity contribution in [2.75, 3.05) is 0 Å². The van der Waals surface area contributed by atoms with Crippen molar-refractivity contribution in [2.45, 2.75) is 6.18 Å². The smallest absolute Gasteiger partial charge is 0.290 e. The fraction of sp³-hybridized carbons (Fsp3) is 0.0714. The molecule has 1 aromatic carbocycles. The van der Waals surface area contributed by atoms with Crippen LogP contribution in [0.3, 0.4) is 0 Å². The monoisotopic (exact) mass is 296 g/mol. The molecule has 0 unspecified atom stereocenters. The van der Waals surface area contributed by atoms with Crippen LogP contribution in [0.15, 0.2) is 48.7 Å². The van der Waals surface area contributed by atoms with E-state index in [2.05, 4.69) is 4.98 Å². The zero-order chi connectivity index (χ0) is 14.3. The third-order valence-corrected chi connectivity index (χ3v) is 3.26. The van der Waals surface area contributed by atoms with E-state index in [-0.39, 0.29) is 0 Å². The Labute approximate surface area is 117 Å². The second-order valence-corrected chi connectivity index (χ2v) is 4.67. The molecule has 0 spiro atoms. The number of aromatic nitrogens is 2. The van der Waals surface area contributed by atoms with Crippen LogP contribution >= 0.6 is 11.6 Å². The average molecular weight is 297 g/mol. The fourth-order valence-electron chi connectivity index (χ4n) is 1.95. The van der Waals surface area contributed by atoms with Gasteiger partial charge in [-0.2, -0.15) is 13.2 Å². The molecular weight excluding hydrogens is 289 g/mol. The largest absolute Gasteiger partial charge is 0.416 e. The molecule has 2 aromatic heterocycles. The molecule has 6 heteroatoms. The zero-order valence-electron chi connectivity index (χ0n) is 10.0. The normalized spacial score (nSPS) is 12.0. The summed E-state index contributed by atoms with van der Waals surface area (Å²) in [7, 11) is 0. The first kappa shape index (κ1) is 13.0. The van der Waals surface area contributed by atoms with Gasteiger partial charge in [-0.15, -0.1) is 0 Å². The number of benzene rings is 1. The fourth-order valence-corrected chi connectivity index (χ4v) is 2.15. The predicted octanol–water partition coefficient (Wildman–Crippen LogP) is 4.67. The maximum Gasteiger partial charge on any atom is 0.416 e. The van der Waals surface area contributed by atoms with Crippen LogP contribution in [0.5, 0.6) is 0 Å². The highest BCUT2D eigenvalue weighted by atomic mass is 35.5. The minimum Gasteiger partial charge on any atom is -0.290 e. The standard InChI is InChI=1S/C14H8ClF3N2/c15-12-2-1-3-13-19-11(8-20(12)13)9-4-6-10(7-5-9)14(16,17)18/h1-8H. The predicted molar refractivity (Wildman–Crippen MR) is 70.6 cm³/mol. The molecule has 0 bridgehead atoms. The van der Waals surface area contributed by atoms with E-state index in [1.54, 1.807) is 28.8 Å². The minimum atomic E-state index is -4.33. The molecule has 0 fully saturated rings. The average Bonchev–Trinajstić information content (AvgIpc) is 2.83. The van der Waals surface area contributed by atoms with Crippen LogP contribution in [-0.2, 0) is 6.18 Å². The Bertz CT molecular complexity index is 760. The van der Waals surface area contributed by atoms with E-state index in [9.17, 15) is 13.2 Å². The number of rotatable bonds is 1. The molecule has 0 saturated carbocycles. The molecule has 0 aliphatic rings. The van der Waals surface area contributed by atoms with Gasteiger partial charge in [0.05, 0.1) is 11.3 Å². The Morgan fingerprint density at radius 3 is 2.30 bits per heavy atom. The molecule has 2 heterocycles. The number of imidazole rings is 1. The number of hydrogen-bond acceptors (Lipinski definition) is 1. The van der Waals surface area contributed by atoms with Crippen LogP contribution in [0.2, 0.25) is 5.15 Å². The van der Waals surface area contributed by atoms with Gasteiger partial charge in [-0.3, -0.25) is 4.40 Å². The first-order chi connectivity index (χ1) is 9.45. The summed E-state index contributed by atoms with van der Waals surface area (Å²) in [6.45, 7) is 0. The van der Waals surface area contributed by atoms with Gasteiger partial charge in [0, 0.05) is 11.8 Å². The van der Waals surface area contributed by atoms with Gasteiger partial charge in [0.25, 0.3) is 0 Å². The summed E-state index contributed by atoms with van der Waals surface area (Å²) in [5, 5.41) is 0.494. The first-order valence-corrected chi connectivity index (χ1v) is 6.14.